The fourth-order valence-electron chi connectivity index (χ4n) is 0.662. The maximum atomic E-state index is 8.71. The van der Waals surface area contributed by atoms with E-state index in [4.69, 9.17) is 5.11 Å². The average Bonchev–Trinajstić information content (AvgIpc) is 2.37. The first-order valence-corrected chi connectivity index (χ1v) is 3.87. The zero-order chi connectivity index (χ0) is 6.69. The zero-order valence-electron chi connectivity index (χ0n) is 5.37. The highest BCUT2D eigenvalue weighted by Gasteiger charge is 2.02. The van der Waals surface area contributed by atoms with Crippen LogP contribution in [0, 0.1) is 0 Å². The molecule has 0 fully saturated rings. The number of aliphatic hydroxyl groups excluding tert-OH is 1. The van der Waals surface area contributed by atoms with Gasteiger partial charge in [0, 0.05) is 10.8 Å². The molecule has 1 aromatic rings. The van der Waals surface area contributed by atoms with Crippen molar-refractivity contribution in [1.82, 2.24) is 0 Å². The van der Waals surface area contributed by atoms with Gasteiger partial charge in [-0.25, -0.2) is 0 Å². The minimum atomic E-state index is 0.251. The standard InChI is InChI=1S/C7H10OS/c1-6(5-8)7-3-2-4-9-7/h2-4,6,8H,5H2,1H3/t6-/m0/s1. The Morgan fingerprint density at radius 1 is 1.78 bits per heavy atom. The Morgan fingerprint density at radius 2 is 2.56 bits per heavy atom. The molecule has 9 heavy (non-hydrogen) atoms. The van der Waals surface area contributed by atoms with Crippen LogP contribution in [0.15, 0.2) is 17.5 Å². The van der Waals surface area contributed by atoms with Gasteiger partial charge in [-0.1, -0.05) is 13.0 Å². The minimum absolute atomic E-state index is 0.251. The van der Waals surface area contributed by atoms with Gasteiger partial charge in [0.1, 0.15) is 0 Å². The molecule has 1 nitrogen and oxygen atoms in total. The van der Waals surface area contributed by atoms with Crippen molar-refractivity contribution in [2.75, 3.05) is 6.61 Å². The summed E-state index contributed by atoms with van der Waals surface area (Å²) in [6, 6.07) is 4.05. The van der Waals surface area contributed by atoms with Gasteiger partial charge >= 0.3 is 0 Å². The van der Waals surface area contributed by atoms with Gasteiger partial charge in [0.15, 0.2) is 0 Å². The van der Waals surface area contributed by atoms with Gasteiger partial charge < -0.3 is 5.11 Å². The molecule has 0 aliphatic carbocycles. The lowest BCUT2D eigenvalue weighted by atomic mass is 10.2. The molecule has 1 heterocycles. The third-order valence-corrected chi connectivity index (χ3v) is 2.41. The number of rotatable bonds is 2. The van der Waals surface area contributed by atoms with E-state index >= 15 is 0 Å². The number of hydrogen-bond donors (Lipinski definition) is 1. The van der Waals surface area contributed by atoms with Gasteiger partial charge in [0.25, 0.3) is 0 Å². The molecule has 0 spiro atoms. The number of aliphatic hydroxyl groups is 1. The molecule has 0 amide bonds. The molecule has 0 aliphatic rings. The van der Waals surface area contributed by atoms with Crippen LogP contribution in [-0.2, 0) is 0 Å². The van der Waals surface area contributed by atoms with Crippen molar-refractivity contribution in [2.45, 2.75) is 12.8 Å². The maximum Gasteiger partial charge on any atom is 0.0504 e. The minimum Gasteiger partial charge on any atom is -0.396 e. The summed E-state index contributed by atoms with van der Waals surface area (Å²) in [7, 11) is 0. The summed E-state index contributed by atoms with van der Waals surface area (Å²) >= 11 is 1.70. The van der Waals surface area contributed by atoms with E-state index < -0.39 is 0 Å². The Morgan fingerprint density at radius 3 is 3.00 bits per heavy atom. The van der Waals surface area contributed by atoms with Crippen LogP contribution in [0.5, 0.6) is 0 Å². The van der Waals surface area contributed by atoms with Crippen LogP contribution in [0.25, 0.3) is 0 Å². The van der Waals surface area contributed by atoms with E-state index in [0.717, 1.165) is 0 Å². The second-order valence-electron chi connectivity index (χ2n) is 2.10. The van der Waals surface area contributed by atoms with Gasteiger partial charge in [0.2, 0.25) is 0 Å². The Bertz CT molecular complexity index is 157. The first-order chi connectivity index (χ1) is 4.34. The molecule has 0 aromatic carbocycles. The molecule has 50 valence electrons. The molecule has 0 bridgehead atoms. The van der Waals surface area contributed by atoms with E-state index in [-0.39, 0.29) is 6.61 Å². The Kier molecular flexibility index (Phi) is 2.25. The molecule has 1 atom stereocenters. The van der Waals surface area contributed by atoms with E-state index in [1.54, 1.807) is 11.3 Å². The van der Waals surface area contributed by atoms with Crippen LogP contribution < -0.4 is 0 Å². The fourth-order valence-corrected chi connectivity index (χ4v) is 1.44. The van der Waals surface area contributed by atoms with Gasteiger partial charge in [-0.15, -0.1) is 11.3 Å². The summed E-state index contributed by atoms with van der Waals surface area (Å²) in [5.41, 5.74) is 0. The van der Waals surface area contributed by atoms with E-state index in [9.17, 15) is 0 Å². The van der Waals surface area contributed by atoms with Crippen LogP contribution in [-0.4, -0.2) is 11.7 Å². The van der Waals surface area contributed by atoms with Crippen molar-refractivity contribution < 1.29 is 5.11 Å². The van der Waals surface area contributed by atoms with E-state index in [0.29, 0.717) is 5.92 Å². The molecular formula is C7H10OS. The van der Waals surface area contributed by atoms with Crippen molar-refractivity contribution in [1.29, 1.82) is 0 Å². The molecule has 0 saturated heterocycles. The van der Waals surface area contributed by atoms with E-state index in [1.807, 2.05) is 24.4 Å². The van der Waals surface area contributed by atoms with Crippen molar-refractivity contribution in [3.05, 3.63) is 22.4 Å². The summed E-state index contributed by atoms with van der Waals surface area (Å²) in [5.74, 6) is 0.310. The highest BCUT2D eigenvalue weighted by molar-refractivity contribution is 7.10. The summed E-state index contributed by atoms with van der Waals surface area (Å²) < 4.78 is 0. The second kappa shape index (κ2) is 2.99. The smallest absolute Gasteiger partial charge is 0.0504 e. The van der Waals surface area contributed by atoms with Crippen LogP contribution in [0.4, 0.5) is 0 Å². The summed E-state index contributed by atoms with van der Waals surface area (Å²) in [6.45, 7) is 2.27. The third kappa shape index (κ3) is 1.53. The normalized spacial score (nSPS) is 13.6. The lowest BCUT2D eigenvalue weighted by Crippen LogP contribution is -1.94. The number of hydrogen-bond acceptors (Lipinski definition) is 2. The molecule has 1 aromatic heterocycles. The van der Waals surface area contributed by atoms with Crippen LogP contribution in [0.2, 0.25) is 0 Å². The SMILES string of the molecule is C[C@@H](CO)c1cccs1. The summed E-state index contributed by atoms with van der Waals surface area (Å²) in [5, 5.41) is 10.7. The third-order valence-electron chi connectivity index (χ3n) is 1.30. The highest BCUT2D eigenvalue weighted by Crippen LogP contribution is 2.19. The summed E-state index contributed by atoms with van der Waals surface area (Å²) in [6.07, 6.45) is 0. The quantitative estimate of drug-likeness (QED) is 0.668. The topological polar surface area (TPSA) is 20.2 Å². The molecule has 0 aliphatic heterocycles. The lowest BCUT2D eigenvalue weighted by molar-refractivity contribution is 0.274. The molecule has 0 saturated carbocycles. The van der Waals surface area contributed by atoms with Crippen molar-refractivity contribution in [2.24, 2.45) is 0 Å². The molecule has 1 rings (SSSR count). The van der Waals surface area contributed by atoms with E-state index in [1.165, 1.54) is 4.88 Å². The van der Waals surface area contributed by atoms with Gasteiger partial charge in [-0.2, -0.15) is 0 Å². The summed E-state index contributed by atoms with van der Waals surface area (Å²) in [4.78, 5) is 1.26. The van der Waals surface area contributed by atoms with Crippen LogP contribution in [0.1, 0.15) is 17.7 Å². The van der Waals surface area contributed by atoms with E-state index in [2.05, 4.69) is 0 Å². The highest BCUT2D eigenvalue weighted by atomic mass is 32.1. The predicted octanol–water partition coefficient (Wildman–Crippen LogP) is 1.84. The van der Waals surface area contributed by atoms with Crippen molar-refractivity contribution >= 4 is 11.3 Å². The second-order valence-corrected chi connectivity index (χ2v) is 3.08. The fraction of sp³-hybridized carbons (Fsp3) is 0.429. The van der Waals surface area contributed by atoms with Gasteiger partial charge in [-0.3, -0.25) is 0 Å². The predicted molar refractivity (Wildman–Crippen MR) is 39.8 cm³/mol. The Hall–Kier alpha value is -0.340. The molecule has 1 N–H and O–H groups in total. The molecular weight excluding hydrogens is 132 g/mol. The van der Waals surface area contributed by atoms with Crippen LogP contribution >= 0.6 is 11.3 Å². The first kappa shape index (κ1) is 6.78. The molecule has 0 radical (unpaired) electrons. The number of thiophene rings is 1. The zero-order valence-corrected chi connectivity index (χ0v) is 6.19. The molecule has 2 heteroatoms. The van der Waals surface area contributed by atoms with Crippen molar-refractivity contribution in [3.8, 4) is 0 Å². The Balaban J connectivity index is 2.65. The molecule has 0 unspecified atom stereocenters. The Labute approximate surface area is 59.0 Å². The van der Waals surface area contributed by atoms with Crippen molar-refractivity contribution in [3.63, 3.8) is 0 Å². The van der Waals surface area contributed by atoms with Gasteiger partial charge in [-0.05, 0) is 11.4 Å². The van der Waals surface area contributed by atoms with Crippen LogP contribution in [0.3, 0.4) is 0 Å². The average molecular weight is 142 g/mol. The largest absolute Gasteiger partial charge is 0.396 e. The maximum absolute atomic E-state index is 8.71. The van der Waals surface area contributed by atoms with Gasteiger partial charge in [0.05, 0.1) is 6.61 Å². The first-order valence-electron chi connectivity index (χ1n) is 2.99. The monoisotopic (exact) mass is 142 g/mol. The lowest BCUT2D eigenvalue weighted by Gasteiger charge is -2.01.